The highest BCUT2D eigenvalue weighted by atomic mass is 35.5. The van der Waals surface area contributed by atoms with Crippen molar-refractivity contribution in [2.24, 2.45) is 5.73 Å². The van der Waals surface area contributed by atoms with Crippen molar-refractivity contribution >= 4 is 40.4 Å². The zero-order valence-corrected chi connectivity index (χ0v) is 15.8. The van der Waals surface area contributed by atoms with Gasteiger partial charge >= 0.3 is 0 Å². The molecule has 0 fully saturated rings. The zero-order chi connectivity index (χ0) is 18.4. The van der Waals surface area contributed by atoms with Gasteiger partial charge in [0, 0.05) is 10.6 Å². The SMILES string of the molecule is CCCC(C)(N)C(=O)Nc1ccc(Cl)c(C(=O)NCc2cccs2)c1. The van der Waals surface area contributed by atoms with Gasteiger partial charge in [0.05, 0.1) is 22.7 Å². The highest BCUT2D eigenvalue weighted by Gasteiger charge is 2.27. The van der Waals surface area contributed by atoms with E-state index in [2.05, 4.69) is 10.6 Å². The van der Waals surface area contributed by atoms with Gasteiger partial charge in [-0.3, -0.25) is 9.59 Å². The summed E-state index contributed by atoms with van der Waals surface area (Å²) in [4.78, 5) is 25.7. The van der Waals surface area contributed by atoms with Crippen molar-refractivity contribution in [2.45, 2.75) is 38.8 Å². The summed E-state index contributed by atoms with van der Waals surface area (Å²) in [6.07, 6.45) is 1.37. The van der Waals surface area contributed by atoms with E-state index in [0.717, 1.165) is 11.3 Å². The second-order valence-corrected chi connectivity index (χ2v) is 7.52. The molecule has 2 aromatic rings. The van der Waals surface area contributed by atoms with E-state index < -0.39 is 5.54 Å². The van der Waals surface area contributed by atoms with Crippen molar-refractivity contribution in [2.75, 3.05) is 5.32 Å². The lowest BCUT2D eigenvalue weighted by atomic mass is 9.96. The van der Waals surface area contributed by atoms with Gasteiger partial charge in [-0.15, -0.1) is 11.3 Å². The number of thiophene rings is 1. The molecule has 5 nitrogen and oxygen atoms in total. The first-order chi connectivity index (χ1) is 11.8. The largest absolute Gasteiger partial charge is 0.347 e. The summed E-state index contributed by atoms with van der Waals surface area (Å²) in [5.41, 5.74) is 5.87. The monoisotopic (exact) mass is 379 g/mol. The smallest absolute Gasteiger partial charge is 0.253 e. The Morgan fingerprint density at radius 3 is 2.72 bits per heavy atom. The normalized spacial score (nSPS) is 13.1. The van der Waals surface area contributed by atoms with Crippen molar-refractivity contribution in [1.29, 1.82) is 0 Å². The number of amides is 2. The van der Waals surface area contributed by atoms with Gasteiger partial charge in [0.2, 0.25) is 5.91 Å². The lowest BCUT2D eigenvalue weighted by Gasteiger charge is -2.23. The van der Waals surface area contributed by atoms with Crippen molar-refractivity contribution in [3.8, 4) is 0 Å². The molecule has 0 aliphatic heterocycles. The van der Waals surface area contributed by atoms with Crippen molar-refractivity contribution < 1.29 is 9.59 Å². The molecule has 0 aliphatic rings. The molecule has 0 saturated carbocycles. The molecule has 0 bridgehead atoms. The van der Waals surface area contributed by atoms with E-state index in [9.17, 15) is 9.59 Å². The van der Waals surface area contributed by atoms with Gasteiger partial charge < -0.3 is 16.4 Å². The van der Waals surface area contributed by atoms with Crippen molar-refractivity contribution in [3.63, 3.8) is 0 Å². The lowest BCUT2D eigenvalue weighted by Crippen LogP contribution is -2.48. The summed E-state index contributed by atoms with van der Waals surface area (Å²) in [5, 5.41) is 7.86. The van der Waals surface area contributed by atoms with Crippen LogP contribution < -0.4 is 16.4 Å². The van der Waals surface area contributed by atoms with E-state index in [1.54, 1.807) is 36.5 Å². The first-order valence-corrected chi connectivity index (χ1v) is 9.29. The van der Waals surface area contributed by atoms with Crippen LogP contribution >= 0.6 is 22.9 Å². The number of anilines is 1. The molecule has 1 aromatic carbocycles. The summed E-state index contributed by atoms with van der Waals surface area (Å²) >= 11 is 7.70. The maximum atomic E-state index is 12.4. The number of nitrogens with two attached hydrogens (primary N) is 1. The molecule has 1 unspecified atom stereocenters. The Bertz CT molecular complexity index is 745. The molecule has 0 saturated heterocycles. The van der Waals surface area contributed by atoms with Crippen LogP contribution in [0.2, 0.25) is 5.02 Å². The lowest BCUT2D eigenvalue weighted by molar-refractivity contribution is -0.120. The van der Waals surface area contributed by atoms with Crippen LogP contribution in [0, 0.1) is 0 Å². The Morgan fingerprint density at radius 1 is 1.32 bits per heavy atom. The Kier molecular flexibility index (Phi) is 6.58. The third-order valence-corrected chi connectivity index (χ3v) is 4.97. The molecule has 134 valence electrons. The number of carbonyl (C=O) groups excluding carboxylic acids is 2. The third-order valence-electron chi connectivity index (χ3n) is 3.76. The number of hydrogen-bond donors (Lipinski definition) is 3. The maximum Gasteiger partial charge on any atom is 0.253 e. The number of carbonyl (C=O) groups is 2. The van der Waals surface area contributed by atoms with Gasteiger partial charge in [-0.05, 0) is 43.0 Å². The molecule has 2 rings (SSSR count). The highest BCUT2D eigenvalue weighted by molar-refractivity contribution is 7.09. The molecule has 0 radical (unpaired) electrons. The fourth-order valence-corrected chi connectivity index (χ4v) is 3.21. The number of hydrogen-bond acceptors (Lipinski definition) is 4. The Hall–Kier alpha value is -1.89. The van der Waals surface area contributed by atoms with E-state index in [1.165, 1.54) is 0 Å². The average molecular weight is 380 g/mol. The number of rotatable bonds is 7. The van der Waals surface area contributed by atoms with E-state index in [4.69, 9.17) is 17.3 Å². The molecule has 0 aliphatic carbocycles. The van der Waals surface area contributed by atoms with Crippen LogP contribution in [0.3, 0.4) is 0 Å². The maximum absolute atomic E-state index is 12.4. The highest BCUT2D eigenvalue weighted by Crippen LogP contribution is 2.22. The van der Waals surface area contributed by atoms with Gasteiger partial charge in [-0.1, -0.05) is 31.0 Å². The number of nitrogens with one attached hydrogen (secondary N) is 2. The first-order valence-electron chi connectivity index (χ1n) is 8.04. The summed E-state index contributed by atoms with van der Waals surface area (Å²) in [6.45, 7) is 4.09. The van der Waals surface area contributed by atoms with Gasteiger partial charge in [-0.25, -0.2) is 0 Å². The Morgan fingerprint density at radius 2 is 2.08 bits per heavy atom. The number of benzene rings is 1. The van der Waals surface area contributed by atoms with Crippen LogP contribution in [0.25, 0.3) is 0 Å². The second kappa shape index (κ2) is 8.47. The second-order valence-electron chi connectivity index (χ2n) is 6.08. The minimum atomic E-state index is -0.962. The van der Waals surface area contributed by atoms with E-state index in [1.807, 2.05) is 24.4 Å². The van der Waals surface area contributed by atoms with Crippen LogP contribution in [-0.4, -0.2) is 17.4 Å². The molecule has 7 heteroatoms. The first kappa shape index (κ1) is 19.4. The molecule has 1 heterocycles. The Labute approximate surface area is 156 Å². The molecule has 0 spiro atoms. The van der Waals surface area contributed by atoms with Crippen LogP contribution in [0.5, 0.6) is 0 Å². The van der Waals surface area contributed by atoms with Gasteiger partial charge in [0.15, 0.2) is 0 Å². The predicted octanol–water partition coefficient (Wildman–Crippen LogP) is 3.79. The van der Waals surface area contributed by atoms with E-state index >= 15 is 0 Å². The summed E-state index contributed by atoms with van der Waals surface area (Å²) in [7, 11) is 0. The Balaban J connectivity index is 2.08. The minimum absolute atomic E-state index is 0.290. The molecule has 1 atom stereocenters. The van der Waals surface area contributed by atoms with Crippen LogP contribution in [0.1, 0.15) is 41.9 Å². The average Bonchev–Trinajstić information content (AvgIpc) is 3.07. The van der Waals surface area contributed by atoms with E-state index in [-0.39, 0.29) is 11.8 Å². The van der Waals surface area contributed by atoms with Crippen LogP contribution in [0.4, 0.5) is 5.69 Å². The molecular weight excluding hydrogens is 358 g/mol. The van der Waals surface area contributed by atoms with Crippen LogP contribution in [-0.2, 0) is 11.3 Å². The molecule has 2 amide bonds. The van der Waals surface area contributed by atoms with E-state index in [0.29, 0.717) is 29.2 Å². The van der Waals surface area contributed by atoms with Crippen molar-refractivity contribution in [1.82, 2.24) is 5.32 Å². The van der Waals surface area contributed by atoms with Crippen LogP contribution in [0.15, 0.2) is 35.7 Å². The summed E-state index contributed by atoms with van der Waals surface area (Å²) in [5.74, 6) is -0.583. The van der Waals surface area contributed by atoms with Crippen molar-refractivity contribution in [3.05, 3.63) is 51.2 Å². The molecule has 1 aromatic heterocycles. The molecule has 25 heavy (non-hydrogen) atoms. The summed E-state index contributed by atoms with van der Waals surface area (Å²) < 4.78 is 0. The number of halogens is 1. The molecule has 4 N–H and O–H groups in total. The predicted molar refractivity (Wildman–Crippen MR) is 103 cm³/mol. The fraction of sp³-hybridized carbons (Fsp3) is 0.333. The van der Waals surface area contributed by atoms with Gasteiger partial charge in [0.25, 0.3) is 5.91 Å². The quantitative estimate of drug-likeness (QED) is 0.684. The fourth-order valence-electron chi connectivity index (χ4n) is 2.36. The third kappa shape index (κ3) is 5.29. The zero-order valence-electron chi connectivity index (χ0n) is 14.3. The minimum Gasteiger partial charge on any atom is -0.347 e. The van der Waals surface area contributed by atoms with Gasteiger partial charge in [0.1, 0.15) is 0 Å². The summed E-state index contributed by atoms with van der Waals surface area (Å²) in [6, 6.07) is 8.67. The standard InChI is InChI=1S/C18H22ClN3O2S/c1-3-8-18(2,20)17(24)22-12-6-7-15(19)14(10-12)16(23)21-11-13-5-4-9-25-13/h4-7,9-10H,3,8,11,20H2,1-2H3,(H,21,23)(H,22,24). The van der Waals surface area contributed by atoms with Gasteiger partial charge in [-0.2, -0.15) is 0 Å². The molecular formula is C18H22ClN3O2S. The topological polar surface area (TPSA) is 84.2 Å².